The van der Waals surface area contributed by atoms with Gasteiger partial charge in [0.05, 0.1) is 12.3 Å². The predicted octanol–water partition coefficient (Wildman–Crippen LogP) is -0.186. The van der Waals surface area contributed by atoms with E-state index in [4.69, 9.17) is 15.2 Å². The van der Waals surface area contributed by atoms with Crippen LogP contribution in [0.4, 0.5) is 0 Å². The number of nitrogens with zero attached hydrogens (tertiary/aromatic N) is 3. The molecule has 0 saturated heterocycles. The Kier molecular flexibility index (Phi) is 4.05. The second-order valence-electron chi connectivity index (χ2n) is 4.83. The molecule has 4 N–H and O–H groups in total. The van der Waals surface area contributed by atoms with E-state index >= 15 is 0 Å². The Morgan fingerprint density at radius 3 is 3.00 bits per heavy atom. The summed E-state index contributed by atoms with van der Waals surface area (Å²) in [5, 5.41) is 27.1. The minimum atomic E-state index is -1.21. The molecule has 1 aromatic carbocycles. The number of hydrogen-bond acceptors (Lipinski definition) is 8. The Morgan fingerprint density at radius 2 is 2.39 bits per heavy atom. The third-order valence-corrected chi connectivity index (χ3v) is 4.62. The molecule has 0 bridgehead atoms. The van der Waals surface area contributed by atoms with Gasteiger partial charge in [-0.15, -0.1) is 10.2 Å². The van der Waals surface area contributed by atoms with Gasteiger partial charge in [0.1, 0.15) is 23.4 Å². The second kappa shape index (κ2) is 6.01. The summed E-state index contributed by atoms with van der Waals surface area (Å²) in [5.74, 6) is 4.77. The first-order chi connectivity index (χ1) is 11.0. The lowest BCUT2D eigenvalue weighted by molar-refractivity contribution is 0.0690. The lowest BCUT2D eigenvalue weighted by Gasteiger charge is -2.28. The molecule has 0 spiro atoms. The highest BCUT2D eigenvalue weighted by Gasteiger charge is 2.39. The Labute approximate surface area is 135 Å². The zero-order chi connectivity index (χ0) is 16.6. The van der Waals surface area contributed by atoms with Gasteiger partial charge < -0.3 is 25.4 Å². The van der Waals surface area contributed by atoms with E-state index in [1.807, 2.05) is 0 Å². The van der Waals surface area contributed by atoms with E-state index in [9.17, 15) is 14.9 Å². The van der Waals surface area contributed by atoms with Crippen molar-refractivity contribution in [2.45, 2.75) is 16.7 Å². The molecule has 1 aliphatic heterocycles. The molecular weight excluding hydrogens is 323 g/mol. The van der Waals surface area contributed by atoms with Crippen LogP contribution in [0.25, 0.3) is 0 Å². The van der Waals surface area contributed by atoms with Gasteiger partial charge in [0.25, 0.3) is 0 Å². The number of nitrogen functional groups attached to an aromatic ring is 1. The average molecular weight is 336 g/mol. The number of nitrogens with two attached hydrogens (primary N) is 1. The summed E-state index contributed by atoms with van der Waals surface area (Å²) in [6, 6.07) is 3.28. The molecule has 120 valence electrons. The van der Waals surface area contributed by atoms with Crippen LogP contribution in [0, 0.1) is 0 Å². The Bertz CT molecular complexity index is 755. The number of thioether (sulfide) groups is 1. The molecule has 9 nitrogen and oxygen atoms in total. The zero-order valence-corrected chi connectivity index (χ0v) is 12.9. The third kappa shape index (κ3) is 2.80. The van der Waals surface area contributed by atoms with Crippen molar-refractivity contribution < 1.29 is 24.3 Å². The number of rotatable bonds is 4. The number of carboxylic acids is 1. The maximum absolute atomic E-state index is 11.5. The smallest absolute Gasteiger partial charge is 0.534 e. The van der Waals surface area contributed by atoms with E-state index in [0.717, 1.165) is 0 Å². The summed E-state index contributed by atoms with van der Waals surface area (Å²) >= 11 is 1.20. The van der Waals surface area contributed by atoms with Crippen LogP contribution in [0.5, 0.6) is 11.5 Å². The van der Waals surface area contributed by atoms with Gasteiger partial charge in [-0.2, -0.15) is 0 Å². The molecule has 1 atom stereocenters. The number of aromatic nitrogens is 3. The number of fused-ring (bicyclic) bond motifs is 1. The van der Waals surface area contributed by atoms with Crippen molar-refractivity contribution in [3.8, 4) is 11.5 Å². The van der Waals surface area contributed by atoms with Crippen molar-refractivity contribution >= 4 is 24.8 Å². The fourth-order valence-corrected chi connectivity index (χ4v) is 3.31. The van der Waals surface area contributed by atoms with Crippen LogP contribution in [-0.2, 0) is 6.42 Å². The average Bonchev–Trinajstić information content (AvgIpc) is 2.92. The van der Waals surface area contributed by atoms with Crippen LogP contribution in [0.2, 0.25) is 0 Å². The molecule has 0 radical (unpaired) electrons. The molecule has 1 aromatic heterocycles. The summed E-state index contributed by atoms with van der Waals surface area (Å²) < 4.78 is 11.7. The van der Waals surface area contributed by atoms with Crippen molar-refractivity contribution in [3.63, 3.8) is 0 Å². The molecule has 0 unspecified atom stereocenters. The number of aromatic carboxylic acids is 1. The predicted molar refractivity (Wildman–Crippen MR) is 82.1 cm³/mol. The summed E-state index contributed by atoms with van der Waals surface area (Å²) in [6.45, 7) is 0. The molecule has 2 aromatic rings. The second-order valence-corrected chi connectivity index (χ2v) is 6.03. The third-order valence-electron chi connectivity index (χ3n) is 3.41. The van der Waals surface area contributed by atoms with Crippen molar-refractivity contribution in [2.75, 3.05) is 13.0 Å². The van der Waals surface area contributed by atoms with Gasteiger partial charge in [0, 0.05) is 0 Å². The highest BCUT2D eigenvalue weighted by atomic mass is 32.2. The van der Waals surface area contributed by atoms with Gasteiger partial charge >= 0.3 is 13.1 Å². The topological polar surface area (TPSA) is 133 Å². The molecule has 0 saturated carbocycles. The SMILES string of the molecule is COc1ccc2c(c1C(=O)O)OB(O)[C@@H](Sc1nncn1N)C2. The molecule has 3 rings (SSSR count). The number of benzene rings is 1. The first kappa shape index (κ1) is 15.5. The normalized spacial score (nSPS) is 16.6. The Morgan fingerprint density at radius 1 is 1.61 bits per heavy atom. The molecular formula is C12H13BN4O5S. The Hall–Kier alpha value is -2.40. The molecule has 11 heteroatoms. The first-order valence-corrected chi connectivity index (χ1v) is 7.49. The van der Waals surface area contributed by atoms with Gasteiger partial charge in [0.15, 0.2) is 0 Å². The Balaban J connectivity index is 1.93. The van der Waals surface area contributed by atoms with E-state index in [1.165, 1.54) is 29.9 Å². The van der Waals surface area contributed by atoms with Gasteiger partial charge in [-0.1, -0.05) is 17.8 Å². The van der Waals surface area contributed by atoms with Crippen LogP contribution >= 0.6 is 11.8 Å². The minimum Gasteiger partial charge on any atom is -0.534 e. The van der Waals surface area contributed by atoms with E-state index in [1.54, 1.807) is 12.1 Å². The van der Waals surface area contributed by atoms with Gasteiger partial charge in [-0.3, -0.25) is 0 Å². The molecule has 0 aliphatic carbocycles. The van der Waals surface area contributed by atoms with Crippen molar-refractivity contribution in [1.29, 1.82) is 0 Å². The lowest BCUT2D eigenvalue weighted by Crippen LogP contribution is -2.41. The number of ether oxygens (including phenoxy) is 1. The van der Waals surface area contributed by atoms with Crippen LogP contribution < -0.4 is 15.2 Å². The van der Waals surface area contributed by atoms with E-state index < -0.39 is 18.2 Å². The highest BCUT2D eigenvalue weighted by Crippen LogP contribution is 2.39. The fourth-order valence-electron chi connectivity index (χ4n) is 2.34. The van der Waals surface area contributed by atoms with Gasteiger partial charge in [-0.25, -0.2) is 9.47 Å². The summed E-state index contributed by atoms with van der Waals surface area (Å²) in [7, 11) is 0.162. The van der Waals surface area contributed by atoms with E-state index in [-0.39, 0.29) is 17.1 Å². The van der Waals surface area contributed by atoms with Crippen LogP contribution in [0.3, 0.4) is 0 Å². The standard InChI is InChI=1S/C12H13BN4O5S/c1-21-7-3-2-6-4-8(23-12-16-15-5-17(12)14)13(20)22-10(6)9(7)11(18)19/h2-3,5,8,20H,4,14H2,1H3,(H,18,19)/t8-/m0/s1. The summed E-state index contributed by atoms with van der Waals surface area (Å²) in [5.41, 5.74) is 0.559. The molecule has 1 aliphatic rings. The highest BCUT2D eigenvalue weighted by molar-refractivity contribution is 8.01. The first-order valence-electron chi connectivity index (χ1n) is 6.61. The molecule has 0 fully saturated rings. The number of hydrogen-bond donors (Lipinski definition) is 3. The maximum Gasteiger partial charge on any atom is 0.537 e. The van der Waals surface area contributed by atoms with Crippen LogP contribution in [-0.4, -0.2) is 50.4 Å². The lowest BCUT2D eigenvalue weighted by atomic mass is 9.77. The zero-order valence-electron chi connectivity index (χ0n) is 12.0. The molecule has 23 heavy (non-hydrogen) atoms. The largest absolute Gasteiger partial charge is 0.537 e. The van der Waals surface area contributed by atoms with E-state index in [2.05, 4.69) is 10.2 Å². The number of methoxy groups -OCH3 is 1. The summed E-state index contributed by atoms with van der Waals surface area (Å²) in [4.78, 5) is 11.5. The summed E-state index contributed by atoms with van der Waals surface area (Å²) in [6.07, 6.45) is 1.73. The molecule has 0 amide bonds. The van der Waals surface area contributed by atoms with Gasteiger partial charge in [-0.05, 0) is 18.1 Å². The van der Waals surface area contributed by atoms with Crippen molar-refractivity contribution in [3.05, 3.63) is 29.6 Å². The maximum atomic E-state index is 11.5. The fraction of sp³-hybridized carbons (Fsp3) is 0.250. The monoisotopic (exact) mass is 336 g/mol. The minimum absolute atomic E-state index is 0.102. The number of carbonyl (C=O) groups is 1. The molecule has 2 heterocycles. The number of carboxylic acid groups (broad SMARTS) is 1. The quantitative estimate of drug-likeness (QED) is 0.513. The van der Waals surface area contributed by atoms with Crippen LogP contribution in [0.15, 0.2) is 23.6 Å². The van der Waals surface area contributed by atoms with Crippen LogP contribution in [0.1, 0.15) is 15.9 Å². The van der Waals surface area contributed by atoms with Crippen molar-refractivity contribution in [2.24, 2.45) is 0 Å². The van der Waals surface area contributed by atoms with Gasteiger partial charge in [0.2, 0.25) is 5.16 Å². The van der Waals surface area contributed by atoms with Crippen molar-refractivity contribution in [1.82, 2.24) is 14.9 Å². The van der Waals surface area contributed by atoms with E-state index in [0.29, 0.717) is 17.1 Å².